The van der Waals surface area contributed by atoms with Gasteiger partial charge in [0.1, 0.15) is 0 Å². The van der Waals surface area contributed by atoms with Crippen LogP contribution in [0.15, 0.2) is 12.1 Å². The minimum atomic E-state index is -0.224. The molecule has 0 radical (unpaired) electrons. The van der Waals surface area contributed by atoms with Gasteiger partial charge in [-0.05, 0) is 56.6 Å². The molecule has 27 heavy (non-hydrogen) atoms. The molecule has 1 saturated carbocycles. The minimum absolute atomic E-state index is 0. The summed E-state index contributed by atoms with van der Waals surface area (Å²) in [4.78, 5) is 29.5. The van der Waals surface area contributed by atoms with E-state index in [1.54, 1.807) is 0 Å². The number of carbonyl (C=O) groups excluding carboxylic acids is 2. The Morgan fingerprint density at radius 2 is 1.74 bits per heavy atom. The highest BCUT2D eigenvalue weighted by molar-refractivity contribution is 6.01. The fraction of sp³-hybridized carbons (Fsp3) is 0.619. The molecule has 1 aliphatic carbocycles. The van der Waals surface area contributed by atoms with Crippen molar-refractivity contribution in [3.05, 3.63) is 28.8 Å². The van der Waals surface area contributed by atoms with E-state index in [9.17, 15) is 9.59 Å². The van der Waals surface area contributed by atoms with Crippen molar-refractivity contribution in [3.8, 4) is 0 Å². The van der Waals surface area contributed by atoms with Crippen molar-refractivity contribution in [2.75, 3.05) is 24.5 Å². The molecular formula is C21H30ClN3O2. The first-order valence-corrected chi connectivity index (χ1v) is 9.77. The molecule has 2 amide bonds. The monoisotopic (exact) mass is 391 g/mol. The number of aryl methyl sites for hydroxylation is 3. The SMILES string of the molecule is Cc1cc(C)c(N2CC(C(=O)N3CC4CCC(N)C4C3)CC2=O)c(C)c1.Cl. The first kappa shape index (κ1) is 20.2. The molecular weight excluding hydrogens is 362 g/mol. The zero-order valence-corrected chi connectivity index (χ0v) is 17.2. The minimum Gasteiger partial charge on any atom is -0.342 e. The van der Waals surface area contributed by atoms with Crippen LogP contribution in [-0.2, 0) is 9.59 Å². The van der Waals surface area contributed by atoms with Gasteiger partial charge in [-0.15, -0.1) is 12.4 Å². The van der Waals surface area contributed by atoms with Crippen LogP contribution in [-0.4, -0.2) is 42.4 Å². The van der Waals surface area contributed by atoms with E-state index in [0.717, 1.165) is 42.7 Å². The number of fused-ring (bicyclic) bond motifs is 1. The number of hydrogen-bond donors (Lipinski definition) is 1. The second-order valence-electron chi connectivity index (χ2n) is 8.56. The third kappa shape index (κ3) is 3.47. The highest BCUT2D eigenvalue weighted by Crippen LogP contribution is 2.39. The van der Waals surface area contributed by atoms with E-state index in [1.807, 2.05) is 23.6 Å². The van der Waals surface area contributed by atoms with E-state index in [1.165, 1.54) is 5.56 Å². The van der Waals surface area contributed by atoms with Crippen LogP contribution in [0.3, 0.4) is 0 Å². The molecule has 0 aromatic heterocycles. The van der Waals surface area contributed by atoms with Crippen LogP contribution >= 0.6 is 12.4 Å². The molecule has 2 N–H and O–H groups in total. The van der Waals surface area contributed by atoms with Gasteiger partial charge in [0.05, 0.1) is 5.92 Å². The molecule has 5 nitrogen and oxygen atoms in total. The molecule has 1 aromatic carbocycles. The summed E-state index contributed by atoms with van der Waals surface area (Å²) in [6, 6.07) is 4.44. The van der Waals surface area contributed by atoms with Crippen molar-refractivity contribution in [2.24, 2.45) is 23.5 Å². The smallest absolute Gasteiger partial charge is 0.228 e. The highest BCUT2D eigenvalue weighted by atomic mass is 35.5. The van der Waals surface area contributed by atoms with Crippen molar-refractivity contribution in [1.82, 2.24) is 4.90 Å². The Bertz CT molecular complexity index is 743. The number of hydrogen-bond acceptors (Lipinski definition) is 3. The van der Waals surface area contributed by atoms with Crippen LogP contribution in [0.4, 0.5) is 5.69 Å². The van der Waals surface area contributed by atoms with E-state index in [-0.39, 0.29) is 36.2 Å². The molecule has 2 heterocycles. The fourth-order valence-corrected chi connectivity index (χ4v) is 5.43. The number of halogens is 1. The van der Waals surface area contributed by atoms with Crippen LogP contribution in [0.5, 0.6) is 0 Å². The predicted octanol–water partition coefficient (Wildman–Crippen LogP) is 2.58. The zero-order valence-electron chi connectivity index (χ0n) is 16.4. The molecule has 0 spiro atoms. The van der Waals surface area contributed by atoms with Gasteiger partial charge in [-0.2, -0.15) is 0 Å². The number of benzene rings is 1. The molecule has 6 heteroatoms. The Balaban J connectivity index is 0.00000210. The number of nitrogens with zero attached hydrogens (tertiary/aromatic N) is 2. The maximum atomic E-state index is 13.0. The molecule has 4 unspecified atom stereocenters. The third-order valence-corrected chi connectivity index (χ3v) is 6.60. The van der Waals surface area contributed by atoms with Crippen LogP contribution in [0.1, 0.15) is 36.0 Å². The number of carbonyl (C=O) groups is 2. The number of rotatable bonds is 2. The lowest BCUT2D eigenvalue weighted by Gasteiger charge is -2.24. The summed E-state index contributed by atoms with van der Waals surface area (Å²) in [5, 5.41) is 0. The molecule has 4 rings (SSSR count). The molecule has 1 aromatic rings. The Morgan fingerprint density at radius 1 is 1.07 bits per heavy atom. The Morgan fingerprint density at radius 3 is 2.37 bits per heavy atom. The summed E-state index contributed by atoms with van der Waals surface area (Å²) >= 11 is 0. The second-order valence-corrected chi connectivity index (χ2v) is 8.56. The van der Waals surface area contributed by atoms with E-state index in [0.29, 0.717) is 24.8 Å². The molecule has 3 fully saturated rings. The summed E-state index contributed by atoms with van der Waals surface area (Å²) in [6.07, 6.45) is 2.54. The summed E-state index contributed by atoms with van der Waals surface area (Å²) in [7, 11) is 0. The number of anilines is 1. The molecule has 0 bridgehead atoms. The first-order valence-electron chi connectivity index (χ1n) is 9.77. The molecule has 2 aliphatic heterocycles. The van der Waals surface area contributed by atoms with Crippen LogP contribution in [0, 0.1) is 38.5 Å². The van der Waals surface area contributed by atoms with Gasteiger partial charge in [0.15, 0.2) is 0 Å². The van der Waals surface area contributed by atoms with E-state index < -0.39 is 0 Å². The zero-order chi connectivity index (χ0) is 18.6. The largest absolute Gasteiger partial charge is 0.342 e. The topological polar surface area (TPSA) is 66.6 Å². The van der Waals surface area contributed by atoms with Gasteiger partial charge in [-0.3, -0.25) is 9.59 Å². The van der Waals surface area contributed by atoms with Gasteiger partial charge in [0.2, 0.25) is 11.8 Å². The Kier molecular flexibility index (Phi) is 5.55. The second kappa shape index (κ2) is 7.44. The average molecular weight is 392 g/mol. The van der Waals surface area contributed by atoms with Crippen molar-refractivity contribution < 1.29 is 9.59 Å². The number of likely N-dealkylation sites (tertiary alicyclic amines) is 1. The molecule has 2 saturated heterocycles. The average Bonchev–Trinajstić information content (AvgIpc) is 3.23. The number of nitrogens with two attached hydrogens (primary N) is 1. The van der Waals surface area contributed by atoms with Gasteiger partial charge in [0, 0.05) is 37.8 Å². The third-order valence-electron chi connectivity index (χ3n) is 6.60. The van der Waals surface area contributed by atoms with Crippen molar-refractivity contribution in [2.45, 2.75) is 46.1 Å². The summed E-state index contributed by atoms with van der Waals surface area (Å²) in [5.41, 5.74) is 10.6. The summed E-state index contributed by atoms with van der Waals surface area (Å²) < 4.78 is 0. The lowest BCUT2D eigenvalue weighted by atomic mass is 9.98. The standard InChI is InChI=1S/C21H29N3O2.ClH/c1-12-6-13(2)20(14(3)7-12)24-10-16(8-19(24)25)21(26)23-9-15-4-5-18(22)17(15)11-23;/h6-7,15-18H,4-5,8-11,22H2,1-3H3;1H. The van der Waals surface area contributed by atoms with Crippen LogP contribution < -0.4 is 10.6 Å². The number of amides is 2. The normalized spacial score (nSPS) is 29.9. The summed E-state index contributed by atoms with van der Waals surface area (Å²) in [5.74, 6) is 0.995. The fourth-order valence-electron chi connectivity index (χ4n) is 5.43. The van der Waals surface area contributed by atoms with E-state index in [2.05, 4.69) is 19.1 Å². The van der Waals surface area contributed by atoms with E-state index in [4.69, 9.17) is 5.73 Å². The highest BCUT2D eigenvalue weighted by Gasteiger charge is 2.45. The summed E-state index contributed by atoms with van der Waals surface area (Å²) in [6.45, 7) is 8.25. The quantitative estimate of drug-likeness (QED) is 0.842. The Hall–Kier alpha value is -1.59. The van der Waals surface area contributed by atoms with Gasteiger partial charge in [0.25, 0.3) is 0 Å². The van der Waals surface area contributed by atoms with Gasteiger partial charge in [-0.25, -0.2) is 0 Å². The maximum Gasteiger partial charge on any atom is 0.228 e. The van der Waals surface area contributed by atoms with Crippen molar-refractivity contribution >= 4 is 29.9 Å². The van der Waals surface area contributed by atoms with Gasteiger partial charge < -0.3 is 15.5 Å². The lowest BCUT2D eigenvalue weighted by molar-refractivity contribution is -0.135. The van der Waals surface area contributed by atoms with Gasteiger partial charge in [-0.1, -0.05) is 17.7 Å². The molecule has 3 aliphatic rings. The van der Waals surface area contributed by atoms with Crippen LogP contribution in [0.25, 0.3) is 0 Å². The maximum absolute atomic E-state index is 13.0. The predicted molar refractivity (Wildman–Crippen MR) is 109 cm³/mol. The van der Waals surface area contributed by atoms with Crippen LogP contribution in [0.2, 0.25) is 0 Å². The van der Waals surface area contributed by atoms with Crippen molar-refractivity contribution in [3.63, 3.8) is 0 Å². The molecule has 4 atom stereocenters. The van der Waals surface area contributed by atoms with Crippen molar-refractivity contribution in [1.29, 1.82) is 0 Å². The first-order chi connectivity index (χ1) is 12.3. The Labute approximate surface area is 167 Å². The molecule has 148 valence electrons. The lowest BCUT2D eigenvalue weighted by Crippen LogP contribution is -2.38. The van der Waals surface area contributed by atoms with Gasteiger partial charge >= 0.3 is 0 Å². The van der Waals surface area contributed by atoms with E-state index >= 15 is 0 Å².